The van der Waals surface area contributed by atoms with E-state index in [1.54, 1.807) is 0 Å². The van der Waals surface area contributed by atoms with Gasteiger partial charge in [0.15, 0.2) is 0 Å². The lowest BCUT2D eigenvalue weighted by molar-refractivity contribution is 0.112. The third-order valence-electron chi connectivity index (χ3n) is 4.77. The molecule has 1 aromatic carbocycles. The molecule has 3 rings (SSSR count). The largest absolute Gasteiger partial charge is 0.298 e. The number of nitrogens with zero attached hydrogens (tertiary/aromatic N) is 1. The number of carbonyl (C=O) groups is 1. The summed E-state index contributed by atoms with van der Waals surface area (Å²) in [5.41, 5.74) is 3.45. The number of rotatable bonds is 3. The summed E-state index contributed by atoms with van der Waals surface area (Å²) in [6.07, 6.45) is 7.43. The van der Waals surface area contributed by atoms with E-state index in [9.17, 15) is 4.79 Å². The molecule has 0 saturated heterocycles. The van der Waals surface area contributed by atoms with Gasteiger partial charge in [0.1, 0.15) is 11.3 Å². The highest BCUT2D eigenvalue weighted by Crippen LogP contribution is 2.48. The molecule has 23 heavy (non-hydrogen) atoms. The first-order valence-electron chi connectivity index (χ1n) is 8.07. The van der Waals surface area contributed by atoms with Crippen molar-refractivity contribution in [3.8, 4) is 0 Å². The third kappa shape index (κ3) is 3.16. The average Bonchev–Trinajstić information content (AvgIpc) is 2.97. The maximum atomic E-state index is 10.7. The molecular weight excluding hydrogens is 302 g/mol. The fourth-order valence-corrected chi connectivity index (χ4v) is 4.31. The fourth-order valence-electron chi connectivity index (χ4n) is 3.04. The maximum absolute atomic E-state index is 10.7. The van der Waals surface area contributed by atoms with E-state index in [0.717, 1.165) is 16.9 Å². The Morgan fingerprint density at radius 3 is 2.17 bits per heavy atom. The molecule has 1 heterocycles. The van der Waals surface area contributed by atoms with Crippen LogP contribution in [0.2, 0.25) is 0 Å². The number of aldehydes is 1. The number of fused-ring (bicyclic) bond motifs is 1. The van der Waals surface area contributed by atoms with Crippen LogP contribution in [0.1, 0.15) is 72.0 Å². The van der Waals surface area contributed by atoms with Gasteiger partial charge < -0.3 is 0 Å². The second-order valence-corrected chi connectivity index (χ2v) is 8.65. The summed E-state index contributed by atoms with van der Waals surface area (Å²) in [4.78, 5) is 17.1. The number of carbonyl (C=O) groups excluding carboxylic acids is 1. The van der Waals surface area contributed by atoms with E-state index in [2.05, 4.69) is 39.8 Å². The normalized spacial score (nSPS) is 18.8. The minimum absolute atomic E-state index is 0.166. The summed E-state index contributed by atoms with van der Waals surface area (Å²) in [5.74, 6) is 0. The molecule has 2 nitrogen and oxygen atoms in total. The average molecular weight is 325 g/mol. The van der Waals surface area contributed by atoms with Gasteiger partial charge in [-0.2, -0.15) is 0 Å². The number of hydrogen-bond acceptors (Lipinski definition) is 3. The Kier molecular flexibility index (Phi) is 4.01. The van der Waals surface area contributed by atoms with Crippen molar-refractivity contribution in [1.29, 1.82) is 0 Å². The molecule has 0 saturated carbocycles. The first-order valence-corrected chi connectivity index (χ1v) is 8.89. The van der Waals surface area contributed by atoms with Crippen molar-refractivity contribution < 1.29 is 4.79 Å². The predicted molar refractivity (Wildman–Crippen MR) is 98.2 cm³/mol. The molecule has 120 valence electrons. The molecule has 0 amide bonds. The monoisotopic (exact) mass is 325 g/mol. The van der Waals surface area contributed by atoms with Crippen molar-refractivity contribution in [1.82, 2.24) is 4.98 Å². The summed E-state index contributed by atoms with van der Waals surface area (Å²) in [6.45, 7) is 9.24. The van der Waals surface area contributed by atoms with Crippen LogP contribution in [0, 0.1) is 0 Å². The Labute approximate surface area is 142 Å². The molecule has 0 atom stereocenters. The molecule has 1 aliphatic rings. The van der Waals surface area contributed by atoms with Crippen molar-refractivity contribution in [2.45, 2.75) is 51.4 Å². The summed E-state index contributed by atoms with van der Waals surface area (Å²) in [7, 11) is 0. The number of benzene rings is 1. The number of thiazole rings is 1. The summed E-state index contributed by atoms with van der Waals surface area (Å²) in [5, 5.41) is 1.07. The zero-order valence-electron chi connectivity index (χ0n) is 14.2. The van der Waals surface area contributed by atoms with Crippen LogP contribution in [0.25, 0.3) is 12.2 Å². The highest BCUT2D eigenvalue weighted by molar-refractivity contribution is 7.12. The van der Waals surface area contributed by atoms with Gasteiger partial charge in [-0.3, -0.25) is 4.79 Å². The van der Waals surface area contributed by atoms with E-state index >= 15 is 0 Å². The van der Waals surface area contributed by atoms with Gasteiger partial charge in [0.25, 0.3) is 0 Å². The van der Waals surface area contributed by atoms with Crippen molar-refractivity contribution in [3.63, 3.8) is 0 Å². The fraction of sp³-hybridized carbons (Fsp3) is 0.400. The molecule has 0 N–H and O–H groups in total. The molecule has 0 fully saturated rings. The maximum Gasteiger partial charge on any atom is 0.150 e. The predicted octanol–water partition coefficient (Wildman–Crippen LogP) is 5.48. The lowest BCUT2D eigenvalue weighted by Crippen LogP contribution is -2.32. The molecular formula is C20H23NOS. The van der Waals surface area contributed by atoms with Crippen LogP contribution in [0.15, 0.2) is 24.3 Å². The molecule has 1 aliphatic carbocycles. The topological polar surface area (TPSA) is 30.0 Å². The lowest BCUT2D eigenvalue weighted by atomic mass is 9.69. The second-order valence-electron chi connectivity index (χ2n) is 7.62. The summed E-state index contributed by atoms with van der Waals surface area (Å²) in [6, 6.07) is 7.60. The Balaban J connectivity index is 1.91. The zero-order chi connectivity index (χ0) is 16.7. The van der Waals surface area contributed by atoms with E-state index in [4.69, 9.17) is 4.98 Å². The van der Waals surface area contributed by atoms with Crippen LogP contribution < -0.4 is 0 Å². The third-order valence-corrected chi connectivity index (χ3v) is 6.15. The van der Waals surface area contributed by atoms with E-state index in [1.807, 2.05) is 35.6 Å². The van der Waals surface area contributed by atoms with Gasteiger partial charge in [-0.25, -0.2) is 4.98 Å². The highest BCUT2D eigenvalue weighted by Gasteiger charge is 2.40. The molecule has 0 bridgehead atoms. The quantitative estimate of drug-likeness (QED) is 0.700. The molecule has 3 heteroatoms. The Bertz CT molecular complexity index is 717. The number of hydrogen-bond donors (Lipinski definition) is 0. The summed E-state index contributed by atoms with van der Waals surface area (Å²) < 4.78 is 0. The first kappa shape index (κ1) is 16.1. The van der Waals surface area contributed by atoms with Gasteiger partial charge in [0, 0.05) is 21.3 Å². The highest BCUT2D eigenvalue weighted by atomic mass is 32.1. The second kappa shape index (κ2) is 5.72. The van der Waals surface area contributed by atoms with Gasteiger partial charge in [-0.1, -0.05) is 58.0 Å². The Morgan fingerprint density at radius 1 is 0.957 bits per heavy atom. The van der Waals surface area contributed by atoms with Crippen LogP contribution in [0.3, 0.4) is 0 Å². The van der Waals surface area contributed by atoms with Crippen LogP contribution in [-0.4, -0.2) is 11.3 Å². The first-order chi connectivity index (χ1) is 10.8. The standard InChI is InChI=1S/C20H23NOS/c1-19(2)11-12-20(3,4)18-17(19)21-16(23-18)10-9-14-5-7-15(13-22)8-6-14/h5-10,13H,11-12H2,1-4H3/b10-9+. The van der Waals surface area contributed by atoms with Crippen LogP contribution in [0.5, 0.6) is 0 Å². The summed E-state index contributed by atoms with van der Waals surface area (Å²) >= 11 is 1.82. The molecule has 1 aromatic heterocycles. The van der Waals surface area contributed by atoms with E-state index in [-0.39, 0.29) is 10.8 Å². The van der Waals surface area contributed by atoms with Crippen molar-refractivity contribution in [3.05, 3.63) is 51.0 Å². The van der Waals surface area contributed by atoms with Gasteiger partial charge in [-0.05, 0) is 24.5 Å². The zero-order valence-corrected chi connectivity index (χ0v) is 15.0. The van der Waals surface area contributed by atoms with E-state index in [0.29, 0.717) is 5.56 Å². The minimum atomic E-state index is 0.166. The molecule has 0 unspecified atom stereocenters. The van der Waals surface area contributed by atoms with Gasteiger partial charge in [0.2, 0.25) is 0 Å². The van der Waals surface area contributed by atoms with Gasteiger partial charge in [0.05, 0.1) is 5.69 Å². The van der Waals surface area contributed by atoms with E-state index in [1.165, 1.54) is 23.4 Å². The van der Waals surface area contributed by atoms with Crippen molar-refractivity contribution in [2.24, 2.45) is 0 Å². The van der Waals surface area contributed by atoms with Gasteiger partial charge >= 0.3 is 0 Å². The molecule has 2 aromatic rings. The SMILES string of the molecule is CC1(C)CCC(C)(C)c2sc(/C=C/c3ccc(C=O)cc3)nc21. The Hall–Kier alpha value is -1.74. The van der Waals surface area contributed by atoms with Crippen molar-refractivity contribution in [2.75, 3.05) is 0 Å². The van der Waals surface area contributed by atoms with Crippen LogP contribution >= 0.6 is 11.3 Å². The lowest BCUT2D eigenvalue weighted by Gasteiger charge is -2.37. The Morgan fingerprint density at radius 2 is 1.57 bits per heavy atom. The van der Waals surface area contributed by atoms with Gasteiger partial charge in [-0.15, -0.1) is 11.3 Å². The van der Waals surface area contributed by atoms with Crippen molar-refractivity contribution >= 4 is 29.8 Å². The molecule has 0 radical (unpaired) electrons. The van der Waals surface area contributed by atoms with Crippen LogP contribution in [0.4, 0.5) is 0 Å². The van der Waals surface area contributed by atoms with E-state index < -0.39 is 0 Å². The van der Waals surface area contributed by atoms with Crippen LogP contribution in [-0.2, 0) is 10.8 Å². The smallest absolute Gasteiger partial charge is 0.150 e. The molecule has 0 aliphatic heterocycles. The minimum Gasteiger partial charge on any atom is -0.298 e. The number of aromatic nitrogens is 1. The molecule has 0 spiro atoms.